The lowest BCUT2D eigenvalue weighted by Crippen LogP contribution is -2.30. The maximum atomic E-state index is 13.4. The number of aryl methyl sites for hydroxylation is 2. The van der Waals surface area contributed by atoms with Crippen LogP contribution in [0.15, 0.2) is 65.7 Å². The summed E-state index contributed by atoms with van der Waals surface area (Å²) in [6.07, 6.45) is 6.41. The van der Waals surface area contributed by atoms with Crippen LogP contribution >= 0.6 is 11.3 Å². The van der Waals surface area contributed by atoms with Crippen LogP contribution in [0.2, 0.25) is 0 Å². The highest BCUT2D eigenvalue weighted by molar-refractivity contribution is 7.90. The fourth-order valence-electron chi connectivity index (χ4n) is 4.61. The number of nitrogens with zero attached hydrogens (tertiary/aromatic N) is 3. The molecule has 0 bridgehead atoms. The van der Waals surface area contributed by atoms with E-state index in [1.165, 1.54) is 29.9 Å². The maximum Gasteiger partial charge on any atom is 0.257 e. The number of piperidine rings is 1. The Hall–Kier alpha value is -3.76. The Bertz CT molecular complexity index is 1610. The Kier molecular flexibility index (Phi) is 7.67. The number of carbonyl (C=O) groups excluding carboxylic acids is 1. The standard InChI is InChI=1S/C29H30N4O4S2/c1-19-8-7-13-30-26(19)21-16-22(18-24(17-21)37-23-9-11-25(12-10-23)39(3,35)36)28(34)32-29-31-27(20(2)38-29)33-14-5-4-6-15-33/h7-13,16-18H,4-6,14-15H2,1-3H3,(H,31,32,34). The highest BCUT2D eigenvalue weighted by Gasteiger charge is 2.20. The first-order valence-corrected chi connectivity index (χ1v) is 15.5. The van der Waals surface area contributed by atoms with Crippen LogP contribution in [0.25, 0.3) is 11.3 Å². The Morgan fingerprint density at radius 3 is 2.44 bits per heavy atom. The normalized spacial score (nSPS) is 13.8. The number of sulfone groups is 1. The van der Waals surface area contributed by atoms with E-state index in [2.05, 4.69) is 15.2 Å². The fraction of sp³-hybridized carbons (Fsp3) is 0.276. The Morgan fingerprint density at radius 1 is 1.00 bits per heavy atom. The van der Waals surface area contributed by atoms with E-state index >= 15 is 0 Å². The minimum Gasteiger partial charge on any atom is -0.457 e. The summed E-state index contributed by atoms with van der Waals surface area (Å²) in [6.45, 7) is 5.95. The largest absolute Gasteiger partial charge is 0.457 e. The molecule has 0 radical (unpaired) electrons. The van der Waals surface area contributed by atoms with Crippen molar-refractivity contribution < 1.29 is 17.9 Å². The van der Waals surface area contributed by atoms with Crippen LogP contribution in [0.5, 0.6) is 11.5 Å². The van der Waals surface area contributed by atoms with Gasteiger partial charge >= 0.3 is 0 Å². The number of pyridine rings is 1. The first kappa shape index (κ1) is 26.8. The smallest absolute Gasteiger partial charge is 0.257 e. The molecule has 2 aromatic carbocycles. The van der Waals surface area contributed by atoms with E-state index in [0.29, 0.717) is 22.2 Å². The van der Waals surface area contributed by atoms with Crippen molar-refractivity contribution in [3.05, 3.63) is 76.8 Å². The van der Waals surface area contributed by atoms with Crippen LogP contribution in [-0.2, 0) is 9.84 Å². The van der Waals surface area contributed by atoms with Gasteiger partial charge in [0.1, 0.15) is 17.3 Å². The number of anilines is 2. The van der Waals surface area contributed by atoms with Crippen LogP contribution in [0.3, 0.4) is 0 Å². The van der Waals surface area contributed by atoms with Crippen LogP contribution in [-0.4, -0.2) is 43.6 Å². The monoisotopic (exact) mass is 562 g/mol. The summed E-state index contributed by atoms with van der Waals surface area (Å²) in [5.41, 5.74) is 2.82. The molecule has 1 saturated heterocycles. The summed E-state index contributed by atoms with van der Waals surface area (Å²) in [7, 11) is -3.32. The molecule has 202 valence electrons. The lowest BCUT2D eigenvalue weighted by atomic mass is 10.0. The molecular weight excluding hydrogens is 532 g/mol. The quantitative estimate of drug-likeness (QED) is 0.284. The van der Waals surface area contributed by atoms with Gasteiger partial charge in [-0.2, -0.15) is 0 Å². The van der Waals surface area contributed by atoms with Crippen LogP contribution in [0.4, 0.5) is 10.9 Å². The van der Waals surface area contributed by atoms with Crippen LogP contribution < -0.4 is 15.0 Å². The van der Waals surface area contributed by atoms with Gasteiger partial charge in [0.25, 0.3) is 5.91 Å². The number of hydrogen-bond donors (Lipinski definition) is 1. The number of nitrogens with one attached hydrogen (secondary N) is 1. The predicted molar refractivity (Wildman–Crippen MR) is 155 cm³/mol. The molecule has 0 unspecified atom stereocenters. The summed E-state index contributed by atoms with van der Waals surface area (Å²) >= 11 is 1.47. The van der Waals surface area contributed by atoms with Gasteiger partial charge in [-0.1, -0.05) is 17.4 Å². The lowest BCUT2D eigenvalue weighted by Gasteiger charge is -2.27. The van der Waals surface area contributed by atoms with Gasteiger partial charge in [0.15, 0.2) is 15.0 Å². The minimum absolute atomic E-state index is 0.204. The van der Waals surface area contributed by atoms with Gasteiger partial charge in [-0.15, -0.1) is 0 Å². The number of carbonyl (C=O) groups is 1. The second-order valence-electron chi connectivity index (χ2n) is 9.66. The number of hydrogen-bond acceptors (Lipinski definition) is 8. The van der Waals surface area contributed by atoms with Crippen molar-refractivity contribution in [1.82, 2.24) is 9.97 Å². The highest BCUT2D eigenvalue weighted by Crippen LogP contribution is 2.33. The number of amides is 1. The van der Waals surface area contributed by atoms with Crippen molar-refractivity contribution in [3.63, 3.8) is 0 Å². The summed E-state index contributed by atoms with van der Waals surface area (Å²) in [6, 6.07) is 15.3. The Balaban J connectivity index is 1.45. The molecule has 39 heavy (non-hydrogen) atoms. The SMILES string of the molecule is Cc1cccnc1-c1cc(Oc2ccc(S(C)(=O)=O)cc2)cc(C(=O)Nc2nc(N3CCCCC3)c(C)s2)c1. The van der Waals surface area contributed by atoms with Gasteiger partial charge in [0.05, 0.1) is 10.6 Å². The van der Waals surface area contributed by atoms with Crippen molar-refractivity contribution in [3.8, 4) is 22.8 Å². The third kappa shape index (κ3) is 6.29. The molecule has 0 atom stereocenters. The lowest BCUT2D eigenvalue weighted by molar-refractivity contribution is 0.102. The van der Waals surface area contributed by atoms with Gasteiger partial charge in [-0.25, -0.2) is 13.4 Å². The van der Waals surface area contributed by atoms with E-state index in [0.717, 1.165) is 59.7 Å². The third-order valence-corrected chi connectivity index (χ3v) is 8.59. The molecular formula is C29H30N4O4S2. The van der Waals surface area contributed by atoms with Gasteiger partial charge in [0.2, 0.25) is 0 Å². The van der Waals surface area contributed by atoms with E-state index in [9.17, 15) is 13.2 Å². The van der Waals surface area contributed by atoms with Gasteiger partial charge in [-0.05, 0) is 87.2 Å². The summed E-state index contributed by atoms with van der Waals surface area (Å²) in [5, 5.41) is 3.52. The van der Waals surface area contributed by atoms with E-state index in [1.54, 1.807) is 30.5 Å². The molecule has 4 aromatic rings. The van der Waals surface area contributed by atoms with E-state index in [4.69, 9.17) is 9.72 Å². The topological polar surface area (TPSA) is 101 Å². The zero-order valence-electron chi connectivity index (χ0n) is 22.1. The molecule has 0 spiro atoms. The number of rotatable bonds is 7. The molecule has 5 rings (SSSR count). The third-order valence-electron chi connectivity index (χ3n) is 6.59. The second kappa shape index (κ2) is 11.2. The molecule has 3 heterocycles. The van der Waals surface area contributed by atoms with Crippen molar-refractivity contribution in [2.24, 2.45) is 0 Å². The fourth-order valence-corrected chi connectivity index (χ4v) is 6.08. The number of thiazole rings is 1. The number of ether oxygens (including phenoxy) is 1. The molecule has 0 saturated carbocycles. The number of benzene rings is 2. The molecule has 1 aliphatic heterocycles. The average Bonchev–Trinajstić information content (AvgIpc) is 3.28. The van der Waals surface area contributed by atoms with Crippen LogP contribution in [0.1, 0.15) is 40.1 Å². The average molecular weight is 563 g/mol. The molecule has 0 aliphatic carbocycles. The summed E-state index contributed by atoms with van der Waals surface area (Å²) < 4.78 is 29.7. The first-order valence-electron chi connectivity index (χ1n) is 12.8. The molecule has 1 aliphatic rings. The van der Waals surface area contributed by atoms with Crippen molar-refractivity contribution in [2.75, 3.05) is 29.6 Å². The van der Waals surface area contributed by atoms with Crippen molar-refractivity contribution >= 4 is 38.0 Å². The van der Waals surface area contributed by atoms with E-state index in [-0.39, 0.29) is 10.8 Å². The van der Waals surface area contributed by atoms with Gasteiger partial charge in [0, 0.05) is 41.5 Å². The highest BCUT2D eigenvalue weighted by atomic mass is 32.2. The molecule has 1 amide bonds. The van der Waals surface area contributed by atoms with Crippen LogP contribution in [0, 0.1) is 13.8 Å². The van der Waals surface area contributed by atoms with Crippen molar-refractivity contribution in [2.45, 2.75) is 38.0 Å². The first-order chi connectivity index (χ1) is 18.7. The Labute approximate surface area is 232 Å². The maximum absolute atomic E-state index is 13.4. The molecule has 10 heteroatoms. The predicted octanol–water partition coefficient (Wildman–Crippen LogP) is 6.26. The molecule has 1 N–H and O–H groups in total. The van der Waals surface area contributed by atoms with Crippen molar-refractivity contribution in [1.29, 1.82) is 0 Å². The number of aromatic nitrogens is 2. The molecule has 1 fully saturated rings. The second-order valence-corrected chi connectivity index (χ2v) is 12.9. The zero-order chi connectivity index (χ0) is 27.6. The summed E-state index contributed by atoms with van der Waals surface area (Å²) in [4.78, 5) is 26.3. The summed E-state index contributed by atoms with van der Waals surface area (Å²) in [5.74, 6) is 1.51. The van der Waals surface area contributed by atoms with E-state index < -0.39 is 9.84 Å². The van der Waals surface area contributed by atoms with Gasteiger partial charge in [-0.3, -0.25) is 15.1 Å². The minimum atomic E-state index is -3.32. The molecule has 8 nitrogen and oxygen atoms in total. The zero-order valence-corrected chi connectivity index (χ0v) is 23.7. The molecule has 2 aromatic heterocycles. The van der Waals surface area contributed by atoms with Gasteiger partial charge < -0.3 is 9.64 Å². The Morgan fingerprint density at radius 2 is 1.74 bits per heavy atom. The van der Waals surface area contributed by atoms with E-state index in [1.807, 2.05) is 32.0 Å².